The van der Waals surface area contributed by atoms with Gasteiger partial charge in [0.1, 0.15) is 0 Å². The largest absolute Gasteiger partial charge is 0.261 e. The van der Waals surface area contributed by atoms with Crippen LogP contribution in [0.4, 0.5) is 0 Å². The van der Waals surface area contributed by atoms with Crippen molar-refractivity contribution in [1.29, 1.82) is 0 Å². The maximum atomic E-state index is 4.28. The number of allylic oxidation sites excluding steroid dienone is 1. The first-order valence-electron chi connectivity index (χ1n) is 4.46. The van der Waals surface area contributed by atoms with Gasteiger partial charge in [0.25, 0.3) is 0 Å². The Kier molecular flexibility index (Phi) is 3.44. The van der Waals surface area contributed by atoms with E-state index in [1.54, 1.807) is 0 Å². The predicted octanol–water partition coefficient (Wildman–Crippen LogP) is 3.34. The molecule has 68 valence electrons. The van der Waals surface area contributed by atoms with E-state index in [0.717, 1.165) is 5.71 Å². The van der Waals surface area contributed by atoms with E-state index < -0.39 is 0 Å². The molecule has 13 heavy (non-hydrogen) atoms. The van der Waals surface area contributed by atoms with Gasteiger partial charge < -0.3 is 0 Å². The van der Waals surface area contributed by atoms with E-state index in [4.69, 9.17) is 0 Å². The highest BCUT2D eigenvalue weighted by molar-refractivity contribution is 5.99. The SMILES string of the molecule is C/C=C\N=C(C)c1ccc(C)cc1. The highest BCUT2D eigenvalue weighted by Gasteiger charge is 1.93. The van der Waals surface area contributed by atoms with E-state index >= 15 is 0 Å². The summed E-state index contributed by atoms with van der Waals surface area (Å²) in [5.41, 5.74) is 3.52. The highest BCUT2D eigenvalue weighted by atomic mass is 14.7. The first kappa shape index (κ1) is 9.72. The van der Waals surface area contributed by atoms with Crippen molar-refractivity contribution in [1.82, 2.24) is 0 Å². The zero-order valence-electron chi connectivity index (χ0n) is 8.41. The molecule has 1 nitrogen and oxygen atoms in total. The third-order valence-corrected chi connectivity index (χ3v) is 1.89. The highest BCUT2D eigenvalue weighted by Crippen LogP contribution is 2.04. The Hall–Kier alpha value is -1.37. The van der Waals surface area contributed by atoms with Crippen LogP contribution in [-0.2, 0) is 0 Å². The van der Waals surface area contributed by atoms with Crippen LogP contribution in [0.15, 0.2) is 41.5 Å². The average Bonchev–Trinajstić information content (AvgIpc) is 2.15. The average molecular weight is 173 g/mol. The van der Waals surface area contributed by atoms with Crippen LogP contribution in [0.1, 0.15) is 25.0 Å². The molecule has 0 amide bonds. The van der Waals surface area contributed by atoms with Crippen LogP contribution < -0.4 is 0 Å². The zero-order valence-corrected chi connectivity index (χ0v) is 8.41. The summed E-state index contributed by atoms with van der Waals surface area (Å²) in [6.07, 6.45) is 3.74. The van der Waals surface area contributed by atoms with Crippen LogP contribution in [0.25, 0.3) is 0 Å². The minimum atomic E-state index is 1.05. The number of nitrogens with zero attached hydrogens (tertiary/aromatic N) is 1. The maximum Gasteiger partial charge on any atom is 0.0444 e. The van der Waals surface area contributed by atoms with Crippen LogP contribution in [0, 0.1) is 6.92 Å². The van der Waals surface area contributed by atoms with E-state index in [-0.39, 0.29) is 0 Å². The fraction of sp³-hybridized carbons (Fsp3) is 0.250. The van der Waals surface area contributed by atoms with Crippen molar-refractivity contribution < 1.29 is 0 Å². The molecule has 0 N–H and O–H groups in total. The van der Waals surface area contributed by atoms with Crippen molar-refractivity contribution >= 4 is 5.71 Å². The quantitative estimate of drug-likeness (QED) is 0.608. The molecule has 0 atom stereocenters. The van der Waals surface area contributed by atoms with Crippen molar-refractivity contribution in [2.24, 2.45) is 4.99 Å². The Labute approximate surface area is 79.8 Å². The molecule has 0 aliphatic rings. The summed E-state index contributed by atoms with van der Waals surface area (Å²) in [5, 5.41) is 0. The van der Waals surface area contributed by atoms with Gasteiger partial charge in [-0.25, -0.2) is 0 Å². The Balaban J connectivity index is 2.89. The number of rotatable bonds is 2. The molecule has 0 radical (unpaired) electrons. The second kappa shape index (κ2) is 4.61. The molecule has 0 saturated carbocycles. The lowest BCUT2D eigenvalue weighted by atomic mass is 10.1. The Morgan fingerprint density at radius 3 is 2.38 bits per heavy atom. The molecule has 0 fully saturated rings. The third kappa shape index (κ3) is 2.86. The van der Waals surface area contributed by atoms with Gasteiger partial charge in [0.05, 0.1) is 0 Å². The summed E-state index contributed by atoms with van der Waals surface area (Å²) in [4.78, 5) is 4.28. The number of aliphatic imine (C=N–C) groups is 1. The first-order valence-corrected chi connectivity index (χ1v) is 4.46. The Morgan fingerprint density at radius 2 is 1.85 bits per heavy atom. The summed E-state index contributed by atoms with van der Waals surface area (Å²) in [6.45, 7) is 6.07. The summed E-state index contributed by atoms with van der Waals surface area (Å²) < 4.78 is 0. The molecular weight excluding hydrogens is 158 g/mol. The fourth-order valence-corrected chi connectivity index (χ4v) is 1.06. The second-order valence-electron chi connectivity index (χ2n) is 3.06. The molecule has 1 aromatic rings. The van der Waals surface area contributed by atoms with E-state index in [2.05, 4.69) is 36.2 Å². The molecule has 1 heteroatoms. The summed E-state index contributed by atoms with van der Waals surface area (Å²) in [5.74, 6) is 0. The minimum absolute atomic E-state index is 1.05. The van der Waals surface area contributed by atoms with Crippen molar-refractivity contribution in [3.05, 3.63) is 47.7 Å². The van der Waals surface area contributed by atoms with Crippen molar-refractivity contribution in [2.75, 3.05) is 0 Å². The Bertz CT molecular complexity index is 317. The molecule has 1 rings (SSSR count). The molecule has 0 bridgehead atoms. The number of aryl methyl sites for hydroxylation is 1. The van der Waals surface area contributed by atoms with Gasteiger partial charge in [-0.3, -0.25) is 4.99 Å². The molecule has 0 aliphatic heterocycles. The van der Waals surface area contributed by atoms with Gasteiger partial charge in [-0.2, -0.15) is 0 Å². The van der Waals surface area contributed by atoms with E-state index in [1.807, 2.05) is 26.1 Å². The number of hydrogen-bond acceptors (Lipinski definition) is 1. The molecule has 0 saturated heterocycles. The van der Waals surface area contributed by atoms with Gasteiger partial charge in [-0.05, 0) is 26.3 Å². The van der Waals surface area contributed by atoms with Crippen LogP contribution in [0.3, 0.4) is 0 Å². The lowest BCUT2D eigenvalue weighted by Crippen LogP contribution is -1.92. The molecule has 0 aromatic heterocycles. The third-order valence-electron chi connectivity index (χ3n) is 1.89. The second-order valence-corrected chi connectivity index (χ2v) is 3.06. The molecule has 0 heterocycles. The molecule has 0 aliphatic carbocycles. The van der Waals surface area contributed by atoms with Gasteiger partial charge in [0, 0.05) is 11.9 Å². The van der Waals surface area contributed by atoms with Gasteiger partial charge in [0.2, 0.25) is 0 Å². The van der Waals surface area contributed by atoms with E-state index in [1.165, 1.54) is 11.1 Å². The molecule has 0 spiro atoms. The van der Waals surface area contributed by atoms with Crippen LogP contribution in [-0.4, -0.2) is 5.71 Å². The number of hydrogen-bond donors (Lipinski definition) is 0. The minimum Gasteiger partial charge on any atom is -0.261 e. The van der Waals surface area contributed by atoms with Crippen molar-refractivity contribution in [2.45, 2.75) is 20.8 Å². The molecule has 1 aromatic carbocycles. The van der Waals surface area contributed by atoms with Gasteiger partial charge in [-0.1, -0.05) is 35.9 Å². The van der Waals surface area contributed by atoms with Gasteiger partial charge in [0.15, 0.2) is 0 Å². The molecule has 0 unspecified atom stereocenters. The maximum absolute atomic E-state index is 4.28. The zero-order chi connectivity index (χ0) is 9.68. The van der Waals surface area contributed by atoms with Crippen molar-refractivity contribution in [3.63, 3.8) is 0 Å². The monoisotopic (exact) mass is 173 g/mol. The summed E-state index contributed by atoms with van der Waals surface area (Å²) >= 11 is 0. The van der Waals surface area contributed by atoms with E-state index in [9.17, 15) is 0 Å². The fourth-order valence-electron chi connectivity index (χ4n) is 1.06. The van der Waals surface area contributed by atoms with Crippen LogP contribution >= 0.6 is 0 Å². The lowest BCUT2D eigenvalue weighted by Gasteiger charge is -1.99. The van der Waals surface area contributed by atoms with E-state index in [0.29, 0.717) is 0 Å². The smallest absolute Gasteiger partial charge is 0.0444 e. The van der Waals surface area contributed by atoms with Gasteiger partial charge in [-0.15, -0.1) is 0 Å². The molecular formula is C12H15N. The van der Waals surface area contributed by atoms with Crippen LogP contribution in [0.2, 0.25) is 0 Å². The lowest BCUT2D eigenvalue weighted by molar-refractivity contribution is 1.43. The Morgan fingerprint density at radius 1 is 1.23 bits per heavy atom. The summed E-state index contributed by atoms with van der Waals surface area (Å²) in [7, 11) is 0. The van der Waals surface area contributed by atoms with Gasteiger partial charge >= 0.3 is 0 Å². The first-order chi connectivity index (χ1) is 6.24. The van der Waals surface area contributed by atoms with Crippen LogP contribution in [0.5, 0.6) is 0 Å². The topological polar surface area (TPSA) is 12.4 Å². The predicted molar refractivity (Wildman–Crippen MR) is 58.2 cm³/mol. The summed E-state index contributed by atoms with van der Waals surface area (Å²) in [6, 6.07) is 8.39. The van der Waals surface area contributed by atoms with Crippen molar-refractivity contribution in [3.8, 4) is 0 Å². The normalized spacial score (nSPS) is 12.4. The standard InChI is InChI=1S/C12H15N/c1-4-9-13-11(3)12-7-5-10(2)6-8-12/h4-9H,1-3H3/b9-4-,13-11?. The number of benzene rings is 1.